The van der Waals surface area contributed by atoms with E-state index in [2.05, 4.69) is 5.10 Å². The van der Waals surface area contributed by atoms with Crippen molar-refractivity contribution in [2.24, 2.45) is 7.05 Å². The minimum absolute atomic E-state index is 0.693. The van der Waals surface area contributed by atoms with E-state index >= 15 is 0 Å². The van der Waals surface area contributed by atoms with Crippen molar-refractivity contribution in [3.63, 3.8) is 0 Å². The number of carbonyl (C=O) groups excluding carboxylic acids is 1. The molecule has 0 saturated heterocycles. The fraction of sp³-hybridized carbons (Fsp3) is 0.273. The predicted octanol–water partition coefficient (Wildman–Crippen LogP) is 1.39. The Hall–Kier alpha value is -1.84. The average Bonchev–Trinajstić information content (AvgIpc) is 2.80. The van der Waals surface area contributed by atoms with Crippen molar-refractivity contribution in [3.8, 4) is 0 Å². The van der Waals surface area contributed by atoms with Gasteiger partial charge >= 0.3 is 0 Å². The third kappa shape index (κ3) is 1.70. The second kappa shape index (κ2) is 3.73. The van der Waals surface area contributed by atoms with Crippen LogP contribution in [0.3, 0.4) is 0 Å². The summed E-state index contributed by atoms with van der Waals surface area (Å²) in [5.41, 5.74) is 2.95. The quantitative estimate of drug-likeness (QED) is 0.707. The van der Waals surface area contributed by atoms with E-state index in [4.69, 9.17) is 0 Å². The maximum Gasteiger partial charge on any atom is 0.166 e. The van der Waals surface area contributed by atoms with Gasteiger partial charge in [-0.05, 0) is 19.1 Å². The van der Waals surface area contributed by atoms with Crippen molar-refractivity contribution in [2.75, 3.05) is 0 Å². The Labute approximate surface area is 88.1 Å². The van der Waals surface area contributed by atoms with Crippen molar-refractivity contribution in [3.05, 3.63) is 41.5 Å². The van der Waals surface area contributed by atoms with Crippen LogP contribution in [-0.4, -0.2) is 20.6 Å². The summed E-state index contributed by atoms with van der Waals surface area (Å²) in [6, 6.07) is 3.67. The van der Waals surface area contributed by atoms with Crippen molar-refractivity contribution in [1.29, 1.82) is 0 Å². The zero-order valence-corrected chi connectivity index (χ0v) is 8.84. The van der Waals surface area contributed by atoms with Crippen LogP contribution in [-0.2, 0) is 13.6 Å². The van der Waals surface area contributed by atoms with Crippen LogP contribution < -0.4 is 0 Å². The van der Waals surface area contributed by atoms with Gasteiger partial charge in [0.15, 0.2) is 6.29 Å². The number of hydrogen-bond acceptors (Lipinski definition) is 2. The third-order valence-electron chi connectivity index (χ3n) is 2.66. The van der Waals surface area contributed by atoms with Crippen LogP contribution in [0.15, 0.2) is 24.5 Å². The van der Waals surface area contributed by atoms with Crippen molar-refractivity contribution in [1.82, 2.24) is 14.3 Å². The summed E-state index contributed by atoms with van der Waals surface area (Å²) in [5.74, 6) is 0. The van der Waals surface area contributed by atoms with E-state index in [1.54, 1.807) is 6.07 Å². The summed E-state index contributed by atoms with van der Waals surface area (Å²) < 4.78 is 3.75. The normalized spacial score (nSPS) is 10.5. The highest BCUT2D eigenvalue weighted by molar-refractivity contribution is 5.72. The van der Waals surface area contributed by atoms with Crippen LogP contribution in [0.2, 0.25) is 0 Å². The van der Waals surface area contributed by atoms with Gasteiger partial charge in [-0.3, -0.25) is 9.48 Å². The molecule has 78 valence electrons. The summed E-state index contributed by atoms with van der Waals surface area (Å²) in [4.78, 5) is 10.7. The first kappa shape index (κ1) is 9.71. The standard InChI is InChI=1S/C11H13N3O/c1-9-10(6-12-13(9)2)7-14-5-3-4-11(14)8-15/h3-6,8H,7H2,1-2H3. The smallest absolute Gasteiger partial charge is 0.166 e. The van der Waals surface area contributed by atoms with Gasteiger partial charge in [0.05, 0.1) is 18.4 Å². The number of aromatic nitrogens is 3. The SMILES string of the molecule is Cc1c(Cn2cccc2C=O)cnn1C. The van der Waals surface area contributed by atoms with Crippen LogP contribution in [0, 0.1) is 6.92 Å². The second-order valence-corrected chi connectivity index (χ2v) is 3.56. The molecule has 2 heterocycles. The second-order valence-electron chi connectivity index (χ2n) is 3.56. The molecular weight excluding hydrogens is 190 g/mol. The summed E-state index contributed by atoms with van der Waals surface area (Å²) in [5, 5.41) is 4.17. The Morgan fingerprint density at radius 3 is 2.93 bits per heavy atom. The molecule has 0 unspecified atom stereocenters. The van der Waals surface area contributed by atoms with Gasteiger partial charge in [0.2, 0.25) is 0 Å². The maximum absolute atomic E-state index is 10.7. The molecule has 0 N–H and O–H groups in total. The molecule has 0 aliphatic rings. The van der Waals surface area contributed by atoms with Gasteiger partial charge in [0.25, 0.3) is 0 Å². The molecule has 2 aromatic heterocycles. The zero-order valence-electron chi connectivity index (χ0n) is 8.84. The van der Waals surface area contributed by atoms with Crippen LogP contribution >= 0.6 is 0 Å². The van der Waals surface area contributed by atoms with Crippen LogP contribution in [0.4, 0.5) is 0 Å². The van der Waals surface area contributed by atoms with E-state index in [1.807, 2.05) is 41.7 Å². The molecule has 0 aromatic carbocycles. The molecule has 0 spiro atoms. The summed E-state index contributed by atoms with van der Waals surface area (Å²) in [6.07, 6.45) is 4.60. The first-order valence-corrected chi connectivity index (χ1v) is 4.80. The van der Waals surface area contributed by atoms with Gasteiger partial charge in [0, 0.05) is 24.5 Å². The van der Waals surface area contributed by atoms with Crippen molar-refractivity contribution >= 4 is 6.29 Å². The zero-order chi connectivity index (χ0) is 10.8. The fourth-order valence-corrected chi connectivity index (χ4v) is 1.56. The molecule has 0 aliphatic carbocycles. The van der Waals surface area contributed by atoms with Crippen LogP contribution in [0.5, 0.6) is 0 Å². The van der Waals surface area contributed by atoms with Gasteiger partial charge in [-0.1, -0.05) is 0 Å². The maximum atomic E-state index is 10.7. The van der Waals surface area contributed by atoms with E-state index in [1.165, 1.54) is 0 Å². The molecule has 0 saturated carbocycles. The number of aryl methyl sites for hydroxylation is 1. The van der Waals surface area contributed by atoms with Gasteiger partial charge in [-0.25, -0.2) is 0 Å². The van der Waals surface area contributed by atoms with E-state index in [-0.39, 0.29) is 0 Å². The number of hydrogen-bond donors (Lipinski definition) is 0. The minimum atomic E-state index is 0.693. The molecule has 0 amide bonds. The Balaban J connectivity index is 2.29. The highest BCUT2D eigenvalue weighted by Crippen LogP contribution is 2.09. The van der Waals surface area contributed by atoms with Crippen LogP contribution in [0.1, 0.15) is 21.7 Å². The molecule has 0 aliphatic heterocycles. The molecule has 4 nitrogen and oxygen atoms in total. The first-order chi connectivity index (χ1) is 7.22. The van der Waals surface area contributed by atoms with Crippen molar-refractivity contribution < 1.29 is 4.79 Å². The predicted molar refractivity (Wildman–Crippen MR) is 56.9 cm³/mol. The monoisotopic (exact) mass is 203 g/mol. The molecule has 0 fully saturated rings. The summed E-state index contributed by atoms with van der Waals surface area (Å²) in [6.45, 7) is 2.72. The number of nitrogens with zero attached hydrogens (tertiary/aromatic N) is 3. The molecule has 4 heteroatoms. The molecule has 0 bridgehead atoms. The van der Waals surface area contributed by atoms with Gasteiger partial charge in [-0.15, -0.1) is 0 Å². The first-order valence-electron chi connectivity index (χ1n) is 4.80. The lowest BCUT2D eigenvalue weighted by molar-refractivity contribution is 0.111. The lowest BCUT2D eigenvalue weighted by Crippen LogP contribution is -2.03. The highest BCUT2D eigenvalue weighted by atomic mass is 16.1. The number of carbonyl (C=O) groups is 1. The van der Waals surface area contributed by atoms with E-state index < -0.39 is 0 Å². The topological polar surface area (TPSA) is 39.8 Å². The fourth-order valence-electron chi connectivity index (χ4n) is 1.56. The number of rotatable bonds is 3. The lowest BCUT2D eigenvalue weighted by atomic mass is 10.2. The number of aldehydes is 1. The highest BCUT2D eigenvalue weighted by Gasteiger charge is 2.06. The Morgan fingerprint density at radius 2 is 2.33 bits per heavy atom. The Morgan fingerprint density at radius 1 is 1.53 bits per heavy atom. The van der Waals surface area contributed by atoms with Gasteiger partial charge in [-0.2, -0.15) is 5.10 Å². The largest absolute Gasteiger partial charge is 0.341 e. The van der Waals surface area contributed by atoms with Gasteiger partial charge in [0.1, 0.15) is 0 Å². The minimum Gasteiger partial charge on any atom is -0.341 e. The van der Waals surface area contributed by atoms with E-state index in [9.17, 15) is 4.79 Å². The Bertz CT molecular complexity index is 482. The van der Waals surface area contributed by atoms with Gasteiger partial charge < -0.3 is 4.57 Å². The third-order valence-corrected chi connectivity index (χ3v) is 2.66. The molecular formula is C11H13N3O. The molecule has 0 atom stereocenters. The molecule has 2 aromatic rings. The average molecular weight is 203 g/mol. The van der Waals surface area contributed by atoms with Crippen LogP contribution in [0.25, 0.3) is 0 Å². The molecule has 2 rings (SSSR count). The summed E-state index contributed by atoms with van der Waals surface area (Å²) >= 11 is 0. The molecule has 15 heavy (non-hydrogen) atoms. The summed E-state index contributed by atoms with van der Waals surface area (Å²) in [7, 11) is 1.91. The lowest BCUT2D eigenvalue weighted by Gasteiger charge is -2.04. The van der Waals surface area contributed by atoms with E-state index in [0.717, 1.165) is 17.5 Å². The Kier molecular flexibility index (Phi) is 2.41. The van der Waals surface area contributed by atoms with Crippen molar-refractivity contribution in [2.45, 2.75) is 13.5 Å². The molecule has 0 radical (unpaired) electrons. The van der Waals surface area contributed by atoms with E-state index in [0.29, 0.717) is 12.2 Å².